The molecular formula is C18H13N3S3. The first kappa shape index (κ1) is 14.3. The highest BCUT2D eigenvalue weighted by atomic mass is 32.1. The average molecular weight is 368 g/mol. The number of fused-ring (bicyclic) bond motifs is 1. The van der Waals surface area contributed by atoms with Crippen molar-refractivity contribution in [2.75, 3.05) is 0 Å². The predicted octanol–water partition coefficient (Wildman–Crippen LogP) is 5.21. The van der Waals surface area contributed by atoms with Crippen molar-refractivity contribution in [3.63, 3.8) is 0 Å². The van der Waals surface area contributed by atoms with Crippen LogP contribution in [0.1, 0.15) is 22.4 Å². The van der Waals surface area contributed by atoms with Crippen LogP contribution in [0.25, 0.3) is 16.6 Å². The molecule has 0 atom stereocenters. The molecule has 6 heteroatoms. The maximum atomic E-state index is 4.57. The normalized spacial score (nSPS) is 15.5. The lowest BCUT2D eigenvalue weighted by atomic mass is 9.70. The van der Waals surface area contributed by atoms with Gasteiger partial charge in [0.05, 0.1) is 10.4 Å². The van der Waals surface area contributed by atoms with E-state index in [1.54, 1.807) is 34.0 Å². The third-order valence-corrected chi connectivity index (χ3v) is 6.76. The lowest BCUT2D eigenvalue weighted by molar-refractivity contribution is 0.625. The lowest BCUT2D eigenvalue weighted by Crippen LogP contribution is -2.29. The maximum absolute atomic E-state index is 4.57. The van der Waals surface area contributed by atoms with E-state index in [0.29, 0.717) is 0 Å². The van der Waals surface area contributed by atoms with Crippen molar-refractivity contribution in [1.82, 2.24) is 15.2 Å². The Bertz CT molecular complexity index is 943. The zero-order chi connectivity index (χ0) is 16.0. The monoisotopic (exact) mass is 367 g/mol. The SMILES string of the molecule is C1=CC(c2ccsc2)(c2ccsc2)Cc2[nH]nc(-c3cncs3)c21. The summed E-state index contributed by atoms with van der Waals surface area (Å²) in [5, 5.41) is 16.7. The van der Waals surface area contributed by atoms with Gasteiger partial charge in [0.2, 0.25) is 0 Å². The van der Waals surface area contributed by atoms with Gasteiger partial charge >= 0.3 is 0 Å². The summed E-state index contributed by atoms with van der Waals surface area (Å²) >= 11 is 5.13. The van der Waals surface area contributed by atoms with E-state index < -0.39 is 0 Å². The summed E-state index contributed by atoms with van der Waals surface area (Å²) in [6, 6.07) is 4.47. The van der Waals surface area contributed by atoms with Crippen LogP contribution in [0.4, 0.5) is 0 Å². The van der Waals surface area contributed by atoms with Crippen LogP contribution in [0.3, 0.4) is 0 Å². The number of H-pyrrole nitrogens is 1. The second-order valence-corrected chi connectivity index (χ2v) is 8.28. The van der Waals surface area contributed by atoms with Crippen molar-refractivity contribution in [2.24, 2.45) is 0 Å². The fourth-order valence-electron chi connectivity index (χ4n) is 3.38. The van der Waals surface area contributed by atoms with Crippen molar-refractivity contribution in [3.8, 4) is 10.6 Å². The summed E-state index contributed by atoms with van der Waals surface area (Å²) in [5.41, 5.74) is 7.84. The van der Waals surface area contributed by atoms with Gasteiger partial charge < -0.3 is 0 Å². The minimum atomic E-state index is -0.107. The molecule has 1 aliphatic carbocycles. The molecule has 0 fully saturated rings. The first-order valence-corrected chi connectivity index (χ1v) is 10.3. The number of nitrogens with zero attached hydrogens (tertiary/aromatic N) is 2. The summed E-state index contributed by atoms with van der Waals surface area (Å²) in [5.74, 6) is 0. The molecule has 4 aromatic heterocycles. The first-order chi connectivity index (χ1) is 11.9. The molecule has 1 N–H and O–H groups in total. The van der Waals surface area contributed by atoms with Crippen molar-refractivity contribution in [3.05, 3.63) is 73.8 Å². The van der Waals surface area contributed by atoms with E-state index >= 15 is 0 Å². The van der Waals surface area contributed by atoms with E-state index in [4.69, 9.17) is 0 Å². The molecule has 0 amide bonds. The molecule has 5 rings (SSSR count). The van der Waals surface area contributed by atoms with Gasteiger partial charge in [0.25, 0.3) is 0 Å². The molecule has 0 aromatic carbocycles. The number of hydrogen-bond donors (Lipinski definition) is 1. The fourth-order valence-corrected chi connectivity index (χ4v) is 5.49. The van der Waals surface area contributed by atoms with E-state index in [0.717, 1.165) is 17.0 Å². The molecule has 0 saturated heterocycles. The summed E-state index contributed by atoms with van der Waals surface area (Å²) < 4.78 is 0. The predicted molar refractivity (Wildman–Crippen MR) is 102 cm³/mol. The second kappa shape index (κ2) is 5.51. The van der Waals surface area contributed by atoms with Gasteiger partial charge in [0.15, 0.2) is 0 Å². The third-order valence-electron chi connectivity index (χ3n) is 4.61. The number of aromatic nitrogens is 3. The highest BCUT2D eigenvalue weighted by Crippen LogP contribution is 2.44. The Morgan fingerprint density at radius 2 is 1.88 bits per heavy atom. The molecule has 118 valence electrons. The van der Waals surface area contributed by atoms with Crippen LogP contribution in [0.15, 0.2) is 51.4 Å². The molecule has 0 spiro atoms. The number of thiophene rings is 2. The molecule has 0 aliphatic heterocycles. The van der Waals surface area contributed by atoms with Gasteiger partial charge in [-0.2, -0.15) is 27.8 Å². The Labute approximate surface area is 151 Å². The smallest absolute Gasteiger partial charge is 0.111 e. The molecule has 0 unspecified atom stereocenters. The molecule has 24 heavy (non-hydrogen) atoms. The Morgan fingerprint density at radius 1 is 1.08 bits per heavy atom. The van der Waals surface area contributed by atoms with Crippen LogP contribution in [0.5, 0.6) is 0 Å². The van der Waals surface area contributed by atoms with E-state index in [1.807, 2.05) is 11.7 Å². The highest BCUT2D eigenvalue weighted by molar-refractivity contribution is 7.13. The molecule has 4 aromatic rings. The summed E-state index contributed by atoms with van der Waals surface area (Å²) in [6.07, 6.45) is 7.36. The summed E-state index contributed by atoms with van der Waals surface area (Å²) in [6.45, 7) is 0. The zero-order valence-electron chi connectivity index (χ0n) is 12.6. The van der Waals surface area contributed by atoms with Gasteiger partial charge in [0, 0.05) is 29.3 Å². The number of nitrogens with one attached hydrogen (secondary N) is 1. The van der Waals surface area contributed by atoms with Gasteiger partial charge in [-0.05, 0) is 44.8 Å². The number of thiazole rings is 1. The maximum Gasteiger partial charge on any atom is 0.111 e. The number of aromatic amines is 1. The number of rotatable bonds is 3. The van der Waals surface area contributed by atoms with E-state index in [2.05, 4.69) is 61.0 Å². The van der Waals surface area contributed by atoms with Crippen LogP contribution in [-0.2, 0) is 11.8 Å². The Hall–Kier alpha value is -2.02. The van der Waals surface area contributed by atoms with Crippen LogP contribution >= 0.6 is 34.0 Å². The number of hydrogen-bond acceptors (Lipinski definition) is 5. The topological polar surface area (TPSA) is 41.6 Å². The Balaban J connectivity index is 1.66. The fraction of sp³-hybridized carbons (Fsp3) is 0.111. The average Bonchev–Trinajstić information content (AvgIpc) is 3.43. The van der Waals surface area contributed by atoms with Gasteiger partial charge in [-0.15, -0.1) is 11.3 Å². The first-order valence-electron chi connectivity index (χ1n) is 7.57. The molecule has 3 nitrogen and oxygen atoms in total. The van der Waals surface area contributed by atoms with Crippen LogP contribution < -0.4 is 0 Å². The number of allylic oxidation sites excluding steroid dienone is 1. The molecular weight excluding hydrogens is 354 g/mol. The molecule has 1 aliphatic rings. The summed E-state index contributed by atoms with van der Waals surface area (Å²) in [4.78, 5) is 5.29. The minimum Gasteiger partial charge on any atom is -0.281 e. The van der Waals surface area contributed by atoms with Gasteiger partial charge in [0.1, 0.15) is 5.69 Å². The second-order valence-electron chi connectivity index (χ2n) is 5.84. The highest BCUT2D eigenvalue weighted by Gasteiger charge is 2.37. The van der Waals surface area contributed by atoms with Crippen molar-refractivity contribution in [2.45, 2.75) is 11.8 Å². The van der Waals surface area contributed by atoms with Crippen LogP contribution in [0.2, 0.25) is 0 Å². The third kappa shape index (κ3) is 2.07. The molecule has 0 saturated carbocycles. The van der Waals surface area contributed by atoms with E-state index in [-0.39, 0.29) is 5.41 Å². The van der Waals surface area contributed by atoms with E-state index in [9.17, 15) is 0 Å². The van der Waals surface area contributed by atoms with Crippen molar-refractivity contribution >= 4 is 40.1 Å². The largest absolute Gasteiger partial charge is 0.281 e. The summed E-state index contributed by atoms with van der Waals surface area (Å²) in [7, 11) is 0. The molecule has 4 heterocycles. The molecule has 0 radical (unpaired) electrons. The van der Waals surface area contributed by atoms with Gasteiger partial charge in [-0.1, -0.05) is 12.2 Å². The van der Waals surface area contributed by atoms with Crippen LogP contribution in [0, 0.1) is 0 Å². The van der Waals surface area contributed by atoms with Gasteiger partial charge in [-0.3, -0.25) is 10.1 Å². The quantitative estimate of drug-likeness (QED) is 0.540. The van der Waals surface area contributed by atoms with Crippen molar-refractivity contribution < 1.29 is 0 Å². The standard InChI is InChI=1S/C18H13N3S3/c1-4-18(12-2-5-22-9-12,13-3-6-23-10-13)7-15-14(1)17(21-20-15)16-8-19-11-24-16/h1-6,8-11H,7H2,(H,20,21). The molecule has 0 bridgehead atoms. The lowest BCUT2D eigenvalue weighted by Gasteiger charge is -2.32. The van der Waals surface area contributed by atoms with Crippen molar-refractivity contribution in [1.29, 1.82) is 0 Å². The Kier molecular flexibility index (Phi) is 3.29. The van der Waals surface area contributed by atoms with Crippen LogP contribution in [-0.4, -0.2) is 15.2 Å². The minimum absolute atomic E-state index is 0.107. The Morgan fingerprint density at radius 3 is 2.50 bits per heavy atom. The van der Waals surface area contributed by atoms with Gasteiger partial charge in [-0.25, -0.2) is 0 Å². The zero-order valence-corrected chi connectivity index (χ0v) is 15.0. The van der Waals surface area contributed by atoms with E-state index in [1.165, 1.54) is 22.4 Å².